The maximum Gasteiger partial charge on any atom is 0.336 e. The number of carboxylic acids is 1. The first-order valence-corrected chi connectivity index (χ1v) is 10.2. The Labute approximate surface area is 187 Å². The number of aliphatic carboxylic acids is 1. The summed E-state index contributed by atoms with van der Waals surface area (Å²) in [5, 5.41) is 10.1. The Balaban J connectivity index is 1.95. The van der Waals surface area contributed by atoms with Crippen molar-refractivity contribution in [1.82, 2.24) is 8.75 Å². The van der Waals surface area contributed by atoms with Crippen LogP contribution in [-0.2, 0) is 11.2 Å². The Morgan fingerprint density at radius 2 is 1.84 bits per heavy atom. The van der Waals surface area contributed by atoms with Gasteiger partial charge in [0.25, 0.3) is 0 Å². The predicted molar refractivity (Wildman–Crippen MR) is 118 cm³/mol. The summed E-state index contributed by atoms with van der Waals surface area (Å²) in [4.78, 5) is 26.2. The molecule has 9 heteroatoms. The molecule has 1 N–H and O–H groups in total. The fourth-order valence-electron chi connectivity index (χ4n) is 3.39. The van der Waals surface area contributed by atoms with E-state index < -0.39 is 11.8 Å². The monoisotopic (exact) mass is 450 g/mol. The molecular formula is C23H18N2O6S. The zero-order valence-corrected chi connectivity index (χ0v) is 18.0. The first kappa shape index (κ1) is 21.3. The van der Waals surface area contributed by atoms with Crippen LogP contribution in [0.4, 0.5) is 0 Å². The Morgan fingerprint density at radius 1 is 1.03 bits per heavy atom. The number of furan rings is 1. The van der Waals surface area contributed by atoms with Gasteiger partial charge in [0.1, 0.15) is 28.3 Å². The summed E-state index contributed by atoms with van der Waals surface area (Å²) >= 11 is 1.03. The maximum absolute atomic E-state index is 13.7. The van der Waals surface area contributed by atoms with Gasteiger partial charge in [-0.3, -0.25) is 4.79 Å². The van der Waals surface area contributed by atoms with Crippen LogP contribution in [0.25, 0.3) is 16.6 Å². The Hall–Kier alpha value is -3.98. The number of fused-ring (bicyclic) bond motifs is 1. The molecule has 0 aliphatic heterocycles. The van der Waals surface area contributed by atoms with E-state index in [0.717, 1.165) is 11.7 Å². The summed E-state index contributed by atoms with van der Waals surface area (Å²) < 4.78 is 24.4. The second-order valence-electron chi connectivity index (χ2n) is 6.78. The molecule has 0 saturated heterocycles. The van der Waals surface area contributed by atoms with Crippen LogP contribution >= 0.6 is 11.7 Å². The van der Waals surface area contributed by atoms with Crippen LogP contribution in [0, 0.1) is 0 Å². The summed E-state index contributed by atoms with van der Waals surface area (Å²) in [6, 6.07) is 13.1. The second kappa shape index (κ2) is 9.03. The van der Waals surface area contributed by atoms with E-state index in [9.17, 15) is 14.7 Å². The number of carbonyl (C=O) groups excluding carboxylic acids is 1. The highest BCUT2D eigenvalue weighted by Crippen LogP contribution is 2.32. The van der Waals surface area contributed by atoms with Gasteiger partial charge < -0.3 is 19.0 Å². The molecule has 0 radical (unpaired) electrons. The van der Waals surface area contributed by atoms with E-state index in [1.807, 2.05) is 0 Å². The molecule has 162 valence electrons. The minimum Gasteiger partial charge on any atom is -0.497 e. The molecule has 0 fully saturated rings. The Bertz CT molecular complexity index is 1320. The lowest BCUT2D eigenvalue weighted by Crippen LogP contribution is -2.15. The van der Waals surface area contributed by atoms with E-state index in [-0.39, 0.29) is 23.1 Å². The first-order valence-electron chi connectivity index (χ1n) is 9.50. The summed E-state index contributed by atoms with van der Waals surface area (Å²) in [6.45, 7) is 0. The van der Waals surface area contributed by atoms with Crippen LogP contribution in [0.3, 0.4) is 0 Å². The fourth-order valence-corrected chi connectivity index (χ4v) is 3.91. The number of ketones is 1. The molecule has 32 heavy (non-hydrogen) atoms. The second-order valence-corrected chi connectivity index (χ2v) is 7.31. The van der Waals surface area contributed by atoms with Gasteiger partial charge >= 0.3 is 5.97 Å². The van der Waals surface area contributed by atoms with Crippen LogP contribution < -0.4 is 9.47 Å². The van der Waals surface area contributed by atoms with Gasteiger partial charge in [-0.15, -0.1) is 0 Å². The molecule has 0 bridgehead atoms. The standard InChI is InChI=1S/C23H18N2O6S/c1-29-14-6-8-20(30-2)16(11-14)22(26)17(12-15-4-3-9-31-15)21(23(27)28)13-5-7-18-19(10-13)25-32-24-18/h3-11H,12H2,1-2H3,(H,27,28). The third-order valence-corrected chi connectivity index (χ3v) is 5.47. The Kier molecular flexibility index (Phi) is 6.00. The molecule has 0 amide bonds. The van der Waals surface area contributed by atoms with Crippen LogP contribution in [0.1, 0.15) is 21.7 Å². The molecule has 4 rings (SSSR count). The molecule has 0 atom stereocenters. The van der Waals surface area contributed by atoms with Crippen molar-refractivity contribution < 1.29 is 28.6 Å². The van der Waals surface area contributed by atoms with E-state index in [0.29, 0.717) is 33.9 Å². The van der Waals surface area contributed by atoms with Crippen LogP contribution in [0.15, 0.2) is 64.8 Å². The minimum absolute atomic E-state index is 0.0266. The molecule has 0 aliphatic rings. The average molecular weight is 450 g/mol. The van der Waals surface area contributed by atoms with Gasteiger partial charge in [-0.25, -0.2) is 4.79 Å². The van der Waals surface area contributed by atoms with Gasteiger partial charge in [-0.1, -0.05) is 6.07 Å². The smallest absolute Gasteiger partial charge is 0.336 e. The van der Waals surface area contributed by atoms with E-state index in [2.05, 4.69) is 8.75 Å². The number of ether oxygens (including phenoxy) is 2. The lowest BCUT2D eigenvalue weighted by molar-refractivity contribution is -0.130. The van der Waals surface area contributed by atoms with Gasteiger partial charge in [0.2, 0.25) is 0 Å². The number of benzene rings is 2. The molecule has 0 spiro atoms. The highest BCUT2D eigenvalue weighted by Gasteiger charge is 2.27. The Morgan fingerprint density at radius 3 is 2.53 bits per heavy atom. The van der Waals surface area contributed by atoms with Crippen molar-refractivity contribution in [1.29, 1.82) is 0 Å². The molecule has 0 aliphatic carbocycles. The number of carboxylic acid groups (broad SMARTS) is 1. The van der Waals surface area contributed by atoms with Crippen molar-refractivity contribution >= 4 is 40.1 Å². The summed E-state index contributed by atoms with van der Waals surface area (Å²) in [5.41, 5.74) is 1.62. The van der Waals surface area contributed by atoms with Crippen molar-refractivity contribution in [3.05, 3.63) is 77.3 Å². The number of hydrogen-bond acceptors (Lipinski definition) is 8. The molecule has 8 nitrogen and oxygen atoms in total. The third kappa shape index (κ3) is 4.10. The average Bonchev–Trinajstić information content (AvgIpc) is 3.49. The predicted octanol–water partition coefficient (Wildman–Crippen LogP) is 4.27. The topological polar surface area (TPSA) is 112 Å². The largest absolute Gasteiger partial charge is 0.497 e. The molecule has 2 heterocycles. The molecule has 0 unspecified atom stereocenters. The molecule has 2 aromatic heterocycles. The normalized spacial score (nSPS) is 11.8. The zero-order chi connectivity index (χ0) is 22.7. The minimum atomic E-state index is -1.25. The van der Waals surface area contributed by atoms with E-state index in [4.69, 9.17) is 13.9 Å². The van der Waals surface area contributed by atoms with Crippen molar-refractivity contribution in [3.8, 4) is 11.5 Å². The fraction of sp³-hybridized carbons (Fsp3) is 0.130. The number of rotatable bonds is 8. The SMILES string of the molecule is COc1ccc(OC)c(C(=O)C(Cc2ccco2)=C(C(=O)O)c2ccc3nsnc3c2)c1. The van der Waals surface area contributed by atoms with Gasteiger partial charge in [0, 0.05) is 12.0 Å². The highest BCUT2D eigenvalue weighted by atomic mass is 32.1. The number of Topliss-reactive ketones (excluding diaryl/α,β-unsaturated/α-hetero) is 1. The van der Waals surface area contributed by atoms with Gasteiger partial charge in [0.05, 0.1) is 43.3 Å². The van der Waals surface area contributed by atoms with E-state index in [1.54, 1.807) is 42.5 Å². The summed E-state index contributed by atoms with van der Waals surface area (Å²) in [6.07, 6.45) is 1.44. The highest BCUT2D eigenvalue weighted by molar-refractivity contribution is 7.00. The van der Waals surface area contributed by atoms with Gasteiger partial charge in [0.15, 0.2) is 5.78 Å². The van der Waals surface area contributed by atoms with Crippen molar-refractivity contribution in [3.63, 3.8) is 0 Å². The summed E-state index contributed by atoms with van der Waals surface area (Å²) in [5.74, 6) is -0.560. The van der Waals surface area contributed by atoms with Crippen LogP contribution in [-0.4, -0.2) is 39.8 Å². The molecule has 0 saturated carbocycles. The number of carbonyl (C=O) groups is 2. The quantitative estimate of drug-likeness (QED) is 0.313. The lowest BCUT2D eigenvalue weighted by atomic mass is 9.90. The summed E-state index contributed by atoms with van der Waals surface area (Å²) in [7, 11) is 2.92. The lowest BCUT2D eigenvalue weighted by Gasteiger charge is -2.14. The van der Waals surface area contributed by atoms with Gasteiger partial charge in [-0.05, 0) is 48.0 Å². The van der Waals surface area contributed by atoms with Gasteiger partial charge in [-0.2, -0.15) is 8.75 Å². The van der Waals surface area contributed by atoms with Crippen LogP contribution in [0.2, 0.25) is 0 Å². The molecule has 2 aromatic carbocycles. The van der Waals surface area contributed by atoms with E-state index in [1.165, 1.54) is 26.5 Å². The number of hydrogen-bond donors (Lipinski definition) is 1. The molecule has 4 aromatic rings. The zero-order valence-electron chi connectivity index (χ0n) is 17.2. The van der Waals surface area contributed by atoms with Crippen molar-refractivity contribution in [2.75, 3.05) is 14.2 Å². The number of aromatic nitrogens is 2. The van der Waals surface area contributed by atoms with Crippen LogP contribution in [0.5, 0.6) is 11.5 Å². The molecular weight excluding hydrogens is 432 g/mol. The maximum atomic E-state index is 13.7. The number of allylic oxidation sites excluding steroid dienone is 1. The van der Waals surface area contributed by atoms with E-state index >= 15 is 0 Å². The van der Waals surface area contributed by atoms with Crippen molar-refractivity contribution in [2.45, 2.75) is 6.42 Å². The first-order chi connectivity index (χ1) is 15.5. The third-order valence-electron chi connectivity index (χ3n) is 4.91. The number of nitrogens with zero attached hydrogens (tertiary/aromatic N) is 2. The van der Waals surface area contributed by atoms with Crippen molar-refractivity contribution in [2.24, 2.45) is 0 Å². The number of methoxy groups -OCH3 is 2.